The molecule has 0 aromatic heterocycles. The average Bonchev–Trinajstić information content (AvgIpc) is 3.50. The number of rotatable bonds is 5. The molecule has 2 saturated carbocycles. The van der Waals surface area contributed by atoms with Gasteiger partial charge in [0, 0.05) is 22.7 Å². The summed E-state index contributed by atoms with van der Waals surface area (Å²) in [6.45, 7) is 21.6. The van der Waals surface area contributed by atoms with Crippen LogP contribution in [0.25, 0.3) is 0 Å². The molecule has 0 spiro atoms. The molecule has 3 heteroatoms. The van der Waals surface area contributed by atoms with Gasteiger partial charge < -0.3 is 0 Å². The van der Waals surface area contributed by atoms with E-state index in [9.17, 15) is 0 Å². The third-order valence-corrected chi connectivity index (χ3v) is 13.2. The van der Waals surface area contributed by atoms with E-state index in [1.54, 1.807) is 11.6 Å². The Hall–Kier alpha value is -0.181. The van der Waals surface area contributed by atoms with Crippen LogP contribution in [0.4, 0.5) is 0 Å². The molecule has 4 rings (SSSR count). The van der Waals surface area contributed by atoms with Crippen LogP contribution >= 0.6 is 15.8 Å². The normalized spacial score (nSPS) is 18.0. The van der Waals surface area contributed by atoms with Gasteiger partial charge in [-0.05, 0) is 117 Å². The van der Waals surface area contributed by atoms with E-state index >= 15 is 0 Å². The molecule has 2 fully saturated rings. The van der Waals surface area contributed by atoms with Crippen molar-refractivity contribution in [3.05, 3.63) is 123 Å². The van der Waals surface area contributed by atoms with E-state index in [-0.39, 0.29) is 35.3 Å². The Morgan fingerprint density at radius 1 is 0.595 bits per heavy atom. The number of aryl methyl sites for hydroxylation is 2. The van der Waals surface area contributed by atoms with Crippen molar-refractivity contribution in [3.8, 4) is 0 Å². The fraction of sp³-hybridized carbons (Fsp3) is 0.353. The summed E-state index contributed by atoms with van der Waals surface area (Å²) in [5.41, 5.74) is 4.89. The molecular weight excluding hydrogens is 526 g/mol. The molecular formula is C34H44FeP2. The molecule has 2 aliphatic carbocycles. The molecule has 2 aromatic carbocycles. The van der Waals surface area contributed by atoms with Crippen LogP contribution in [-0.2, 0) is 17.1 Å². The third-order valence-electron chi connectivity index (χ3n) is 6.55. The standard InChI is InChI=1S/C29H39P2.C5H5.Fe/c1-21-15-10-12-18-25(21)30(26-19-13-11-16-22(26)2)23(3)24-17-14-20-27(24)31(28(4,5)6)29(7,8)9;1-2-4-5-3-1;/h10-20,23H,1-9H3;1-5H;/t23-;;/m1../s1. The van der Waals surface area contributed by atoms with Crippen molar-refractivity contribution in [2.75, 3.05) is 0 Å². The predicted octanol–water partition coefficient (Wildman–Crippen LogP) is 8.96. The SMILES string of the molecule is Cc1ccccc1P(c1ccccc1C)[C@H](C)[C]1[CH][CH][CH][C]1P(C(C)(C)C)C(C)(C)C.[CH]1[CH][CH][CH][CH]1.[Fe]. The second-order valence-corrected chi connectivity index (χ2v) is 17.9. The van der Waals surface area contributed by atoms with Crippen LogP contribution in [0.15, 0.2) is 48.5 Å². The Kier molecular flexibility index (Phi) is 12.9. The van der Waals surface area contributed by atoms with Gasteiger partial charge in [0.05, 0.1) is 0 Å². The van der Waals surface area contributed by atoms with Gasteiger partial charge in [-0.15, -0.1) is 0 Å². The maximum Gasteiger partial charge on any atom is 0.0125 e. The Balaban J connectivity index is 0.000000716. The van der Waals surface area contributed by atoms with Crippen molar-refractivity contribution in [2.24, 2.45) is 0 Å². The van der Waals surface area contributed by atoms with E-state index in [4.69, 9.17) is 0 Å². The van der Waals surface area contributed by atoms with E-state index in [1.165, 1.54) is 21.7 Å². The Labute approximate surface area is 243 Å². The number of hydrogen-bond acceptors (Lipinski definition) is 0. The fourth-order valence-corrected chi connectivity index (χ4v) is 12.7. The van der Waals surface area contributed by atoms with Gasteiger partial charge in [-0.3, -0.25) is 0 Å². The van der Waals surface area contributed by atoms with Gasteiger partial charge in [-0.25, -0.2) is 0 Å². The Morgan fingerprint density at radius 3 is 1.38 bits per heavy atom. The van der Waals surface area contributed by atoms with Gasteiger partial charge in [0.1, 0.15) is 0 Å². The van der Waals surface area contributed by atoms with Crippen molar-refractivity contribution in [2.45, 2.75) is 78.3 Å². The average molecular weight is 571 g/mol. The van der Waals surface area contributed by atoms with Crippen LogP contribution in [0.2, 0.25) is 0 Å². The molecule has 2 aromatic rings. The van der Waals surface area contributed by atoms with E-state index in [1.807, 2.05) is 32.1 Å². The fourth-order valence-electron chi connectivity index (χ4n) is 5.38. The second kappa shape index (κ2) is 14.5. The first-order chi connectivity index (χ1) is 16.9. The van der Waals surface area contributed by atoms with Crippen LogP contribution in [0.5, 0.6) is 0 Å². The van der Waals surface area contributed by atoms with Crippen LogP contribution in [-0.4, -0.2) is 16.0 Å². The third kappa shape index (κ3) is 8.65. The molecule has 10 radical (unpaired) electrons. The van der Waals surface area contributed by atoms with E-state index in [0.717, 1.165) is 0 Å². The van der Waals surface area contributed by atoms with Crippen molar-refractivity contribution >= 4 is 26.5 Å². The Morgan fingerprint density at radius 2 is 1.00 bits per heavy atom. The molecule has 0 bridgehead atoms. The van der Waals surface area contributed by atoms with Crippen LogP contribution in [0, 0.1) is 76.8 Å². The van der Waals surface area contributed by atoms with Gasteiger partial charge in [0.2, 0.25) is 0 Å². The van der Waals surface area contributed by atoms with E-state index in [2.05, 4.69) is 130 Å². The predicted molar refractivity (Wildman–Crippen MR) is 165 cm³/mol. The first kappa shape index (κ1) is 33.0. The van der Waals surface area contributed by atoms with Gasteiger partial charge in [0.25, 0.3) is 0 Å². The summed E-state index contributed by atoms with van der Waals surface area (Å²) in [5.74, 6) is 1.56. The van der Waals surface area contributed by atoms with Crippen LogP contribution in [0.3, 0.4) is 0 Å². The van der Waals surface area contributed by atoms with Crippen LogP contribution in [0.1, 0.15) is 59.6 Å². The van der Waals surface area contributed by atoms with Crippen molar-refractivity contribution in [1.82, 2.24) is 0 Å². The summed E-state index contributed by atoms with van der Waals surface area (Å²) in [7, 11) is -0.828. The zero-order valence-corrected chi connectivity index (χ0v) is 27.0. The molecule has 0 heterocycles. The molecule has 0 unspecified atom stereocenters. The molecule has 0 N–H and O–H groups in total. The number of hydrogen-bond donors (Lipinski definition) is 0. The minimum Gasteiger partial charge on any atom is -0.0874 e. The molecule has 0 amide bonds. The summed E-state index contributed by atoms with van der Waals surface area (Å²) in [6, 6.07) is 18.0. The summed E-state index contributed by atoms with van der Waals surface area (Å²) < 4.78 is 0. The van der Waals surface area contributed by atoms with Gasteiger partial charge in [-0.1, -0.05) is 105 Å². The van der Waals surface area contributed by atoms with E-state index < -0.39 is 7.92 Å². The first-order valence-electron chi connectivity index (χ1n) is 13.1. The molecule has 37 heavy (non-hydrogen) atoms. The Bertz CT molecular complexity index is 884. The minimum atomic E-state index is -0.507. The molecule has 2 aliphatic rings. The van der Waals surface area contributed by atoms with Crippen molar-refractivity contribution in [3.63, 3.8) is 0 Å². The monoisotopic (exact) mass is 570 g/mol. The number of benzene rings is 2. The topological polar surface area (TPSA) is 0 Å². The molecule has 0 nitrogen and oxygen atoms in total. The van der Waals surface area contributed by atoms with Crippen LogP contribution < -0.4 is 10.6 Å². The van der Waals surface area contributed by atoms with Gasteiger partial charge >= 0.3 is 0 Å². The first-order valence-corrected chi connectivity index (χ1v) is 15.8. The summed E-state index contributed by atoms with van der Waals surface area (Å²) in [5, 5.41) is 3.57. The largest absolute Gasteiger partial charge is 0.0874 e. The zero-order valence-electron chi connectivity index (χ0n) is 24.1. The van der Waals surface area contributed by atoms with Crippen molar-refractivity contribution in [1.29, 1.82) is 0 Å². The second-order valence-electron chi connectivity index (χ2n) is 11.6. The van der Waals surface area contributed by atoms with Gasteiger partial charge in [-0.2, -0.15) is 0 Å². The van der Waals surface area contributed by atoms with Gasteiger partial charge in [0.15, 0.2) is 0 Å². The maximum absolute atomic E-state index is 2.47. The summed E-state index contributed by atoms with van der Waals surface area (Å²) in [6.07, 6.45) is 17.1. The quantitative estimate of drug-likeness (QED) is 0.249. The van der Waals surface area contributed by atoms with Crippen molar-refractivity contribution < 1.29 is 17.1 Å². The molecule has 198 valence electrons. The summed E-state index contributed by atoms with van der Waals surface area (Å²) in [4.78, 5) is 0. The summed E-state index contributed by atoms with van der Waals surface area (Å²) >= 11 is 0. The molecule has 0 saturated heterocycles. The molecule has 0 aliphatic heterocycles. The smallest absolute Gasteiger partial charge is 0.0125 e. The van der Waals surface area contributed by atoms with E-state index in [0.29, 0.717) is 5.66 Å². The maximum atomic E-state index is 2.47. The molecule has 1 atom stereocenters. The minimum absolute atomic E-state index is 0. The zero-order chi connectivity index (χ0) is 26.5.